The van der Waals surface area contributed by atoms with Crippen molar-refractivity contribution in [2.75, 3.05) is 0 Å². The van der Waals surface area contributed by atoms with Crippen LogP contribution in [0.2, 0.25) is 0 Å². The van der Waals surface area contributed by atoms with E-state index in [1.54, 1.807) is 12.4 Å². The molecule has 2 heteroatoms. The third-order valence-electron chi connectivity index (χ3n) is 1.97. The smallest absolute Gasteiger partial charge is 0.0273 e. The van der Waals surface area contributed by atoms with Crippen LogP contribution in [-0.2, 0) is 0 Å². The van der Waals surface area contributed by atoms with E-state index in [1.165, 1.54) is 0 Å². The number of nitrogens with zero attached hydrogens (tertiary/aromatic N) is 2. The van der Waals surface area contributed by atoms with Gasteiger partial charge in [0.05, 0.1) is 0 Å². The summed E-state index contributed by atoms with van der Waals surface area (Å²) in [7, 11) is 0. The fourth-order valence-corrected chi connectivity index (χ4v) is 1.24. The number of allylic oxidation sites excluding steroid dienone is 2. The molecule has 70 valence electrons. The molecule has 0 radical (unpaired) electrons. The average Bonchev–Trinajstić information content (AvgIpc) is 2.29. The van der Waals surface area contributed by atoms with E-state index in [-0.39, 0.29) is 0 Å². The van der Waals surface area contributed by atoms with Gasteiger partial charge in [-0.15, -0.1) is 0 Å². The highest BCUT2D eigenvalue weighted by molar-refractivity contribution is 5.48. The molecule has 0 N–H and O–H groups in total. The zero-order chi connectivity index (χ0) is 9.64. The second kappa shape index (κ2) is 4.42. The Morgan fingerprint density at radius 1 is 1.14 bits per heavy atom. The lowest BCUT2D eigenvalue weighted by molar-refractivity contribution is 0.680. The van der Waals surface area contributed by atoms with Gasteiger partial charge < -0.3 is 4.90 Å². The Morgan fingerprint density at radius 3 is 2.57 bits per heavy atom. The van der Waals surface area contributed by atoms with E-state index in [2.05, 4.69) is 35.6 Å². The van der Waals surface area contributed by atoms with Crippen LogP contribution in [0.5, 0.6) is 0 Å². The van der Waals surface area contributed by atoms with Crippen LogP contribution < -0.4 is 0 Å². The Hall–Kier alpha value is -1.83. The molecule has 2 heterocycles. The highest BCUT2D eigenvalue weighted by Crippen LogP contribution is 2.06. The van der Waals surface area contributed by atoms with E-state index < -0.39 is 0 Å². The molecule has 1 aliphatic rings. The van der Waals surface area contributed by atoms with Gasteiger partial charge in [-0.3, -0.25) is 4.98 Å². The lowest BCUT2D eigenvalue weighted by Gasteiger charge is -2.11. The first kappa shape index (κ1) is 8.75. The van der Waals surface area contributed by atoms with Crippen molar-refractivity contribution < 1.29 is 0 Å². The average molecular weight is 184 g/mol. The van der Waals surface area contributed by atoms with Gasteiger partial charge in [-0.1, -0.05) is 12.2 Å². The van der Waals surface area contributed by atoms with Gasteiger partial charge in [-0.05, 0) is 30.2 Å². The minimum atomic E-state index is 1.03. The van der Waals surface area contributed by atoms with Gasteiger partial charge in [-0.25, -0.2) is 0 Å². The molecule has 0 spiro atoms. The van der Waals surface area contributed by atoms with Crippen LogP contribution in [-0.4, -0.2) is 9.88 Å². The molecule has 2 nitrogen and oxygen atoms in total. The summed E-state index contributed by atoms with van der Waals surface area (Å²) in [5, 5.41) is 0. The molecule has 0 atom stereocenters. The van der Waals surface area contributed by atoms with Gasteiger partial charge in [0, 0.05) is 31.0 Å². The van der Waals surface area contributed by atoms with Gasteiger partial charge in [0.25, 0.3) is 0 Å². The van der Waals surface area contributed by atoms with Crippen LogP contribution in [0.1, 0.15) is 12.0 Å². The van der Waals surface area contributed by atoms with Crippen molar-refractivity contribution in [1.29, 1.82) is 0 Å². The third-order valence-corrected chi connectivity index (χ3v) is 1.97. The van der Waals surface area contributed by atoms with Crippen LogP contribution in [0, 0.1) is 0 Å². The number of hydrogen-bond donors (Lipinski definition) is 0. The standard InChI is InChI=1S/C12H12N2/c1-2-9-14(10-3-1)11-6-12-4-7-13-8-5-12/h2-11H,1H2. The van der Waals surface area contributed by atoms with E-state index in [9.17, 15) is 0 Å². The monoisotopic (exact) mass is 184 g/mol. The van der Waals surface area contributed by atoms with E-state index in [0.29, 0.717) is 0 Å². The van der Waals surface area contributed by atoms with Gasteiger partial charge in [0.1, 0.15) is 0 Å². The minimum Gasteiger partial charge on any atom is -0.331 e. The summed E-state index contributed by atoms with van der Waals surface area (Å²) in [6.45, 7) is 0. The molecule has 0 fully saturated rings. The summed E-state index contributed by atoms with van der Waals surface area (Å²) in [4.78, 5) is 6.00. The fourth-order valence-electron chi connectivity index (χ4n) is 1.24. The van der Waals surface area contributed by atoms with E-state index in [0.717, 1.165) is 12.0 Å². The Labute approximate surface area is 83.9 Å². The maximum Gasteiger partial charge on any atom is 0.0273 e. The molecule has 0 aromatic carbocycles. The number of aromatic nitrogens is 1. The van der Waals surface area contributed by atoms with Gasteiger partial charge in [0.15, 0.2) is 0 Å². The molecule has 1 aromatic rings. The van der Waals surface area contributed by atoms with Crippen molar-refractivity contribution in [3.05, 3.63) is 60.8 Å². The number of hydrogen-bond acceptors (Lipinski definition) is 2. The largest absolute Gasteiger partial charge is 0.331 e. The lowest BCUT2D eigenvalue weighted by Crippen LogP contribution is -2.00. The van der Waals surface area contributed by atoms with Crippen LogP contribution in [0.25, 0.3) is 6.08 Å². The van der Waals surface area contributed by atoms with E-state index in [1.807, 2.05) is 23.2 Å². The topological polar surface area (TPSA) is 16.1 Å². The molecule has 1 aromatic heterocycles. The lowest BCUT2D eigenvalue weighted by atomic mass is 10.2. The predicted molar refractivity (Wildman–Crippen MR) is 58.0 cm³/mol. The van der Waals surface area contributed by atoms with E-state index >= 15 is 0 Å². The maximum absolute atomic E-state index is 3.96. The maximum atomic E-state index is 3.96. The van der Waals surface area contributed by atoms with E-state index in [4.69, 9.17) is 0 Å². The molecule has 14 heavy (non-hydrogen) atoms. The molecule has 0 aliphatic carbocycles. The normalized spacial score (nSPS) is 15.3. The van der Waals surface area contributed by atoms with Crippen LogP contribution >= 0.6 is 0 Å². The molecular weight excluding hydrogens is 172 g/mol. The zero-order valence-corrected chi connectivity index (χ0v) is 7.88. The molecule has 2 rings (SSSR count). The molecule has 0 saturated carbocycles. The van der Waals surface area contributed by atoms with Gasteiger partial charge in [-0.2, -0.15) is 0 Å². The van der Waals surface area contributed by atoms with Gasteiger partial charge in [0.2, 0.25) is 0 Å². The predicted octanol–water partition coefficient (Wildman–Crippen LogP) is 2.79. The third kappa shape index (κ3) is 2.33. The van der Waals surface area contributed by atoms with Crippen molar-refractivity contribution in [2.24, 2.45) is 0 Å². The Kier molecular flexibility index (Phi) is 2.76. The first-order valence-electron chi connectivity index (χ1n) is 4.64. The minimum absolute atomic E-state index is 1.03. The summed E-state index contributed by atoms with van der Waals surface area (Å²) >= 11 is 0. The van der Waals surface area contributed by atoms with Crippen molar-refractivity contribution in [1.82, 2.24) is 9.88 Å². The van der Waals surface area contributed by atoms with Crippen molar-refractivity contribution in [2.45, 2.75) is 6.42 Å². The zero-order valence-electron chi connectivity index (χ0n) is 7.88. The molecule has 0 saturated heterocycles. The highest BCUT2D eigenvalue weighted by atomic mass is 15.1. The Balaban J connectivity index is 2.03. The molecule has 0 bridgehead atoms. The SMILES string of the molecule is C1=CN(C=Cc2ccncc2)C=CC1. The summed E-state index contributed by atoms with van der Waals surface area (Å²) in [6, 6.07) is 3.96. The molecule has 0 amide bonds. The Bertz CT molecular complexity index is 351. The summed E-state index contributed by atoms with van der Waals surface area (Å²) in [6.07, 6.45) is 17.1. The molecule has 0 unspecified atom stereocenters. The van der Waals surface area contributed by atoms with Crippen LogP contribution in [0.15, 0.2) is 55.3 Å². The summed E-state index contributed by atoms with van der Waals surface area (Å²) in [5.41, 5.74) is 1.16. The highest BCUT2D eigenvalue weighted by Gasteiger charge is 1.91. The number of pyridine rings is 1. The van der Waals surface area contributed by atoms with Crippen molar-refractivity contribution >= 4 is 6.08 Å². The Morgan fingerprint density at radius 2 is 1.86 bits per heavy atom. The quantitative estimate of drug-likeness (QED) is 0.702. The fraction of sp³-hybridized carbons (Fsp3) is 0.0833. The second-order valence-electron chi connectivity index (χ2n) is 3.05. The van der Waals surface area contributed by atoms with Crippen LogP contribution in [0.4, 0.5) is 0 Å². The molecule has 1 aliphatic heterocycles. The second-order valence-corrected chi connectivity index (χ2v) is 3.05. The first-order valence-corrected chi connectivity index (χ1v) is 4.64. The van der Waals surface area contributed by atoms with Crippen molar-refractivity contribution in [3.63, 3.8) is 0 Å². The summed E-state index contributed by atoms with van der Waals surface area (Å²) < 4.78 is 0. The summed E-state index contributed by atoms with van der Waals surface area (Å²) in [5.74, 6) is 0. The van der Waals surface area contributed by atoms with Crippen LogP contribution in [0.3, 0.4) is 0 Å². The van der Waals surface area contributed by atoms with Gasteiger partial charge >= 0.3 is 0 Å². The first-order chi connectivity index (χ1) is 6.95. The number of rotatable bonds is 2. The molecular formula is C12H12N2. The van der Waals surface area contributed by atoms with Crippen molar-refractivity contribution in [3.8, 4) is 0 Å².